The molecule has 1 fully saturated rings. The summed E-state index contributed by atoms with van der Waals surface area (Å²) in [6, 6.07) is -0.462. The zero-order valence-corrected chi connectivity index (χ0v) is 8.19. The summed E-state index contributed by atoms with van der Waals surface area (Å²) in [6.45, 7) is 0. The lowest BCUT2D eigenvalue weighted by atomic mass is 9.93. The van der Waals surface area contributed by atoms with Gasteiger partial charge in [-0.1, -0.05) is 12.2 Å². The molecule has 1 atom stereocenters. The first-order valence-electron chi connectivity index (χ1n) is 4.77. The smallest absolute Gasteiger partial charge is 0.268 e. The van der Waals surface area contributed by atoms with Gasteiger partial charge in [-0.3, -0.25) is 9.63 Å². The minimum Gasteiger partial charge on any atom is -0.320 e. The average molecular weight is 194 g/mol. The third kappa shape index (κ3) is 1.36. The fraction of sp³-hybridized carbons (Fsp3) is 0.500. The second-order valence-corrected chi connectivity index (χ2v) is 3.52. The van der Waals surface area contributed by atoms with Crippen LogP contribution in [-0.2, 0) is 9.63 Å². The number of nitrogens with two attached hydrogens (primary N) is 1. The number of fused-ring (bicyclic) bond motifs is 1. The highest BCUT2D eigenvalue weighted by molar-refractivity contribution is 5.85. The molecule has 14 heavy (non-hydrogen) atoms. The summed E-state index contributed by atoms with van der Waals surface area (Å²) < 4.78 is 0. The zero-order valence-electron chi connectivity index (χ0n) is 8.19. The second kappa shape index (κ2) is 3.55. The van der Waals surface area contributed by atoms with Crippen molar-refractivity contribution >= 4 is 5.91 Å². The van der Waals surface area contributed by atoms with E-state index in [-0.39, 0.29) is 5.91 Å². The lowest BCUT2D eigenvalue weighted by Crippen LogP contribution is -2.47. The summed E-state index contributed by atoms with van der Waals surface area (Å²) in [4.78, 5) is 16.7. The second-order valence-electron chi connectivity index (χ2n) is 3.52. The lowest BCUT2D eigenvalue weighted by Gasteiger charge is -2.33. The molecule has 0 aromatic rings. The van der Waals surface area contributed by atoms with Crippen molar-refractivity contribution in [1.82, 2.24) is 5.06 Å². The third-order valence-corrected chi connectivity index (χ3v) is 2.58. The van der Waals surface area contributed by atoms with Gasteiger partial charge in [-0.05, 0) is 24.8 Å². The Morgan fingerprint density at radius 3 is 2.93 bits per heavy atom. The van der Waals surface area contributed by atoms with Gasteiger partial charge in [0.15, 0.2) is 0 Å². The Labute approximate surface area is 83.0 Å². The van der Waals surface area contributed by atoms with E-state index in [4.69, 9.17) is 10.6 Å². The van der Waals surface area contributed by atoms with Crippen molar-refractivity contribution in [3.05, 3.63) is 23.4 Å². The van der Waals surface area contributed by atoms with Crippen molar-refractivity contribution in [1.29, 1.82) is 0 Å². The molecule has 0 spiro atoms. The molecule has 1 heterocycles. The summed E-state index contributed by atoms with van der Waals surface area (Å²) in [6.07, 6.45) is 6.78. The minimum atomic E-state index is -0.462. The number of nitrogens with zero attached hydrogens (tertiary/aromatic N) is 1. The van der Waals surface area contributed by atoms with Crippen LogP contribution in [0.3, 0.4) is 0 Å². The quantitative estimate of drug-likeness (QED) is 0.669. The highest BCUT2D eigenvalue weighted by Gasteiger charge is 2.33. The van der Waals surface area contributed by atoms with Gasteiger partial charge >= 0.3 is 0 Å². The summed E-state index contributed by atoms with van der Waals surface area (Å²) in [5.41, 5.74) is 7.72. The molecule has 1 saturated heterocycles. The van der Waals surface area contributed by atoms with Crippen LogP contribution in [0.2, 0.25) is 0 Å². The van der Waals surface area contributed by atoms with Gasteiger partial charge in [-0.15, -0.1) is 0 Å². The Morgan fingerprint density at radius 1 is 1.50 bits per heavy atom. The number of allylic oxidation sites excluding steroid dienone is 3. The van der Waals surface area contributed by atoms with Crippen LogP contribution in [0.5, 0.6) is 0 Å². The van der Waals surface area contributed by atoms with Gasteiger partial charge in [0.05, 0.1) is 18.8 Å². The highest BCUT2D eigenvalue weighted by Crippen LogP contribution is 2.30. The van der Waals surface area contributed by atoms with Crippen LogP contribution in [0.4, 0.5) is 0 Å². The SMILES string of the molecule is CON1C(=O)C(N)CC2=CCCC=C21. The molecule has 2 rings (SSSR count). The first-order chi connectivity index (χ1) is 6.74. The Kier molecular flexibility index (Phi) is 2.39. The third-order valence-electron chi connectivity index (χ3n) is 2.58. The van der Waals surface area contributed by atoms with Crippen molar-refractivity contribution in [3.63, 3.8) is 0 Å². The molecular formula is C10H14N2O2. The topological polar surface area (TPSA) is 55.6 Å². The molecule has 1 aliphatic carbocycles. The Hall–Kier alpha value is -1.13. The van der Waals surface area contributed by atoms with Gasteiger partial charge in [-0.2, -0.15) is 5.06 Å². The van der Waals surface area contributed by atoms with Crippen molar-refractivity contribution in [2.75, 3.05) is 7.11 Å². The number of piperidine rings is 1. The van der Waals surface area contributed by atoms with Crippen LogP contribution in [0.15, 0.2) is 23.4 Å². The molecule has 2 aliphatic rings. The van der Waals surface area contributed by atoms with E-state index in [1.165, 1.54) is 12.2 Å². The van der Waals surface area contributed by atoms with Gasteiger partial charge in [0.25, 0.3) is 5.91 Å². The predicted molar refractivity (Wildman–Crippen MR) is 51.8 cm³/mol. The van der Waals surface area contributed by atoms with E-state index in [2.05, 4.69) is 6.08 Å². The van der Waals surface area contributed by atoms with Crippen LogP contribution in [0.1, 0.15) is 19.3 Å². The molecule has 1 aliphatic heterocycles. The number of carbonyl (C=O) groups is 1. The van der Waals surface area contributed by atoms with Gasteiger partial charge in [0.1, 0.15) is 0 Å². The monoisotopic (exact) mass is 194 g/mol. The number of carbonyl (C=O) groups excluding carboxylic acids is 1. The average Bonchev–Trinajstić information content (AvgIpc) is 2.20. The summed E-state index contributed by atoms with van der Waals surface area (Å²) >= 11 is 0. The maximum atomic E-state index is 11.6. The lowest BCUT2D eigenvalue weighted by molar-refractivity contribution is -0.169. The van der Waals surface area contributed by atoms with Gasteiger partial charge in [0.2, 0.25) is 0 Å². The molecule has 76 valence electrons. The molecule has 1 unspecified atom stereocenters. The molecule has 4 nitrogen and oxygen atoms in total. The number of rotatable bonds is 1. The molecule has 0 bridgehead atoms. The molecule has 0 radical (unpaired) electrons. The number of hydrogen-bond acceptors (Lipinski definition) is 3. The fourth-order valence-corrected chi connectivity index (χ4v) is 1.90. The molecule has 4 heteroatoms. The molecule has 0 aromatic heterocycles. The van der Waals surface area contributed by atoms with E-state index >= 15 is 0 Å². The molecule has 2 N–H and O–H groups in total. The van der Waals surface area contributed by atoms with Gasteiger partial charge in [0, 0.05) is 0 Å². The highest BCUT2D eigenvalue weighted by atomic mass is 16.7. The zero-order chi connectivity index (χ0) is 10.1. The maximum absolute atomic E-state index is 11.6. The summed E-state index contributed by atoms with van der Waals surface area (Å²) in [5.74, 6) is -0.155. The van der Waals surface area contributed by atoms with Crippen LogP contribution >= 0.6 is 0 Å². The molecule has 0 aromatic carbocycles. The number of hydroxylamine groups is 2. The number of amides is 1. The molecular weight excluding hydrogens is 180 g/mol. The van der Waals surface area contributed by atoms with Crippen LogP contribution in [0.25, 0.3) is 0 Å². The molecule has 1 amide bonds. The Morgan fingerprint density at radius 2 is 2.21 bits per heavy atom. The van der Waals surface area contributed by atoms with Crippen LogP contribution in [-0.4, -0.2) is 24.1 Å². The normalized spacial score (nSPS) is 26.9. The Bertz CT molecular complexity index is 320. The van der Waals surface area contributed by atoms with Crippen molar-refractivity contribution < 1.29 is 9.63 Å². The van der Waals surface area contributed by atoms with E-state index in [9.17, 15) is 4.79 Å². The van der Waals surface area contributed by atoms with E-state index in [0.29, 0.717) is 6.42 Å². The van der Waals surface area contributed by atoms with Crippen LogP contribution < -0.4 is 5.73 Å². The van der Waals surface area contributed by atoms with E-state index in [1.54, 1.807) is 0 Å². The van der Waals surface area contributed by atoms with Crippen molar-refractivity contribution in [2.24, 2.45) is 5.73 Å². The number of hydrogen-bond donors (Lipinski definition) is 1. The standard InChI is InChI=1S/C10H14N2O2/c1-14-12-9-5-3-2-4-7(9)6-8(11)10(12)13/h4-5,8H,2-3,6,11H2,1H3. The predicted octanol–water partition coefficient (Wildman–Crippen LogP) is 0.711. The first kappa shape index (κ1) is 9.43. The maximum Gasteiger partial charge on any atom is 0.268 e. The van der Waals surface area contributed by atoms with E-state index < -0.39 is 6.04 Å². The van der Waals surface area contributed by atoms with E-state index in [1.807, 2.05) is 6.08 Å². The van der Waals surface area contributed by atoms with Crippen molar-refractivity contribution in [2.45, 2.75) is 25.3 Å². The Balaban J connectivity index is 2.33. The largest absolute Gasteiger partial charge is 0.320 e. The van der Waals surface area contributed by atoms with Crippen LogP contribution in [0, 0.1) is 0 Å². The van der Waals surface area contributed by atoms with Gasteiger partial charge in [-0.25, -0.2) is 0 Å². The minimum absolute atomic E-state index is 0.155. The van der Waals surface area contributed by atoms with Crippen molar-refractivity contribution in [3.8, 4) is 0 Å². The molecule has 0 saturated carbocycles. The summed E-state index contributed by atoms with van der Waals surface area (Å²) in [5, 5.41) is 1.30. The summed E-state index contributed by atoms with van der Waals surface area (Å²) in [7, 11) is 1.49. The first-order valence-corrected chi connectivity index (χ1v) is 4.77. The fourth-order valence-electron chi connectivity index (χ4n) is 1.90. The van der Waals surface area contributed by atoms with E-state index in [0.717, 1.165) is 24.1 Å². The van der Waals surface area contributed by atoms with Gasteiger partial charge < -0.3 is 5.73 Å².